The summed E-state index contributed by atoms with van der Waals surface area (Å²) in [6.07, 6.45) is 0. The number of hydrogen-bond acceptors (Lipinski definition) is 4. The van der Waals surface area contributed by atoms with Crippen molar-refractivity contribution in [3.63, 3.8) is 0 Å². The Labute approximate surface area is 109 Å². The normalized spacial score (nSPS) is 10.9. The molecule has 0 amide bonds. The van der Waals surface area contributed by atoms with E-state index in [0.717, 1.165) is 5.56 Å². The Hall–Kier alpha value is -1.88. The number of nitrogens with zero attached hydrogens (tertiary/aromatic N) is 1. The molecule has 3 N–H and O–H groups in total. The monoisotopic (exact) mass is 279 g/mol. The van der Waals surface area contributed by atoms with Crippen LogP contribution in [0, 0.1) is 11.3 Å². The molecule has 0 spiro atoms. The molecule has 0 atom stereocenters. The lowest BCUT2D eigenvalue weighted by molar-refractivity contribution is 0.603. The fourth-order valence-electron chi connectivity index (χ4n) is 1.57. The zero-order valence-corrected chi connectivity index (χ0v) is 10.8. The summed E-state index contributed by atoms with van der Waals surface area (Å²) in [6.45, 7) is 0. The van der Waals surface area contributed by atoms with Gasteiger partial charge in [-0.15, -0.1) is 0 Å². The first-order valence-corrected chi connectivity index (χ1v) is 7.36. The van der Waals surface area contributed by atoms with Crippen LogP contribution in [0.5, 0.6) is 0 Å². The average molecular weight is 279 g/mol. The van der Waals surface area contributed by atoms with E-state index in [9.17, 15) is 13.7 Å². The summed E-state index contributed by atoms with van der Waals surface area (Å²) in [6, 6.07) is 8.79. The maximum atomic E-state index is 11.0. The van der Waals surface area contributed by atoms with Crippen LogP contribution in [0.2, 0.25) is 0 Å². The zero-order chi connectivity index (χ0) is 13.2. The number of benzene rings is 1. The fourth-order valence-corrected chi connectivity index (χ4v) is 2.70. The lowest BCUT2D eigenvalue weighted by Crippen LogP contribution is -2.22. The summed E-state index contributed by atoms with van der Waals surface area (Å²) in [5.74, 6) is 0. The SMILES string of the molecule is N#Cc1c(NS(N)(=O)=O)cccc1-c1ccsc1. The van der Waals surface area contributed by atoms with Gasteiger partial charge in [-0.1, -0.05) is 12.1 Å². The average Bonchev–Trinajstić information content (AvgIpc) is 2.79. The van der Waals surface area contributed by atoms with Crippen molar-refractivity contribution in [2.45, 2.75) is 0 Å². The fraction of sp³-hybridized carbons (Fsp3) is 0. The van der Waals surface area contributed by atoms with Crippen LogP contribution in [0.4, 0.5) is 5.69 Å². The van der Waals surface area contributed by atoms with Crippen LogP contribution in [-0.4, -0.2) is 8.42 Å². The molecule has 0 saturated heterocycles. The van der Waals surface area contributed by atoms with Crippen LogP contribution in [0.1, 0.15) is 5.56 Å². The lowest BCUT2D eigenvalue weighted by atomic mass is 10.0. The van der Waals surface area contributed by atoms with Crippen molar-refractivity contribution in [1.82, 2.24) is 0 Å². The third kappa shape index (κ3) is 2.68. The van der Waals surface area contributed by atoms with Gasteiger partial charge in [0.2, 0.25) is 0 Å². The molecule has 1 aromatic carbocycles. The van der Waals surface area contributed by atoms with Gasteiger partial charge in [-0.25, -0.2) is 5.14 Å². The third-order valence-corrected chi connectivity index (χ3v) is 3.45. The molecule has 0 aliphatic rings. The number of nitrogens with one attached hydrogen (secondary N) is 1. The molecule has 0 unspecified atom stereocenters. The Morgan fingerprint density at radius 2 is 2.11 bits per heavy atom. The Kier molecular flexibility index (Phi) is 3.34. The second-order valence-electron chi connectivity index (χ2n) is 3.50. The van der Waals surface area contributed by atoms with Crippen molar-refractivity contribution >= 4 is 27.2 Å². The van der Waals surface area contributed by atoms with E-state index in [1.807, 2.05) is 22.9 Å². The number of nitriles is 1. The van der Waals surface area contributed by atoms with Crippen molar-refractivity contribution in [3.8, 4) is 17.2 Å². The first kappa shape index (κ1) is 12.6. The van der Waals surface area contributed by atoms with Crippen LogP contribution in [0.25, 0.3) is 11.1 Å². The number of hydrogen-bond donors (Lipinski definition) is 2. The minimum Gasteiger partial charge on any atom is -0.270 e. The van der Waals surface area contributed by atoms with E-state index in [4.69, 9.17) is 5.14 Å². The van der Waals surface area contributed by atoms with Crippen LogP contribution in [0.15, 0.2) is 35.0 Å². The maximum absolute atomic E-state index is 11.0. The molecule has 1 heterocycles. The number of nitrogens with two attached hydrogens (primary N) is 1. The Morgan fingerprint density at radius 1 is 1.33 bits per heavy atom. The van der Waals surface area contributed by atoms with Crippen molar-refractivity contribution in [2.24, 2.45) is 5.14 Å². The van der Waals surface area contributed by atoms with E-state index in [-0.39, 0.29) is 11.3 Å². The maximum Gasteiger partial charge on any atom is 0.296 e. The molecule has 7 heteroatoms. The minimum atomic E-state index is -3.89. The number of thiophene rings is 1. The van der Waals surface area contributed by atoms with E-state index >= 15 is 0 Å². The summed E-state index contributed by atoms with van der Waals surface area (Å²) in [5.41, 5.74) is 1.98. The second-order valence-corrected chi connectivity index (χ2v) is 5.57. The predicted molar refractivity (Wildman–Crippen MR) is 71.2 cm³/mol. The molecule has 0 fully saturated rings. The highest BCUT2D eigenvalue weighted by Gasteiger charge is 2.12. The molecule has 0 aliphatic heterocycles. The first-order valence-electron chi connectivity index (χ1n) is 4.87. The summed E-state index contributed by atoms with van der Waals surface area (Å²) < 4.78 is 24.2. The van der Waals surface area contributed by atoms with Crippen molar-refractivity contribution in [3.05, 3.63) is 40.6 Å². The van der Waals surface area contributed by atoms with E-state index in [1.54, 1.807) is 12.1 Å². The largest absolute Gasteiger partial charge is 0.296 e. The second kappa shape index (κ2) is 4.78. The van der Waals surface area contributed by atoms with Crippen molar-refractivity contribution in [2.75, 3.05) is 4.72 Å². The molecule has 92 valence electrons. The van der Waals surface area contributed by atoms with Gasteiger partial charge in [0.25, 0.3) is 10.2 Å². The predicted octanol–water partition coefficient (Wildman–Crippen LogP) is 1.90. The van der Waals surface area contributed by atoms with Crippen LogP contribution >= 0.6 is 11.3 Å². The molecule has 0 saturated carbocycles. The Balaban J connectivity index is 2.58. The molecular weight excluding hydrogens is 270 g/mol. The minimum absolute atomic E-state index is 0.184. The first-order chi connectivity index (χ1) is 8.51. The molecule has 5 nitrogen and oxygen atoms in total. The third-order valence-electron chi connectivity index (χ3n) is 2.26. The van der Waals surface area contributed by atoms with E-state index in [2.05, 4.69) is 4.72 Å². The van der Waals surface area contributed by atoms with Gasteiger partial charge in [0.15, 0.2) is 0 Å². The zero-order valence-electron chi connectivity index (χ0n) is 9.12. The molecule has 0 aliphatic carbocycles. The molecule has 0 bridgehead atoms. The van der Waals surface area contributed by atoms with Gasteiger partial charge >= 0.3 is 0 Å². The molecule has 2 aromatic rings. The molecular formula is C11H9N3O2S2. The van der Waals surface area contributed by atoms with Gasteiger partial charge in [-0.05, 0) is 28.5 Å². The van der Waals surface area contributed by atoms with Gasteiger partial charge in [0.05, 0.1) is 11.3 Å². The molecule has 0 radical (unpaired) electrons. The van der Waals surface area contributed by atoms with Crippen LogP contribution < -0.4 is 9.86 Å². The topological polar surface area (TPSA) is 96.0 Å². The smallest absolute Gasteiger partial charge is 0.270 e. The van der Waals surface area contributed by atoms with E-state index in [1.165, 1.54) is 17.4 Å². The highest BCUT2D eigenvalue weighted by molar-refractivity contribution is 7.90. The van der Waals surface area contributed by atoms with Crippen LogP contribution in [0.3, 0.4) is 0 Å². The summed E-state index contributed by atoms with van der Waals surface area (Å²) in [4.78, 5) is 0. The van der Waals surface area contributed by atoms with Crippen LogP contribution in [-0.2, 0) is 10.2 Å². The van der Waals surface area contributed by atoms with E-state index < -0.39 is 10.2 Å². The van der Waals surface area contributed by atoms with Gasteiger partial charge < -0.3 is 0 Å². The van der Waals surface area contributed by atoms with Gasteiger partial charge in [-0.3, -0.25) is 4.72 Å². The Bertz CT molecular complexity index is 700. The van der Waals surface area contributed by atoms with Gasteiger partial charge in [-0.2, -0.15) is 25.0 Å². The molecule has 2 rings (SSSR count). The molecule has 18 heavy (non-hydrogen) atoms. The summed E-state index contributed by atoms with van der Waals surface area (Å²) in [5, 5.41) is 17.9. The van der Waals surface area contributed by atoms with Gasteiger partial charge in [0.1, 0.15) is 6.07 Å². The van der Waals surface area contributed by atoms with E-state index in [0.29, 0.717) is 5.56 Å². The van der Waals surface area contributed by atoms with Crippen molar-refractivity contribution < 1.29 is 8.42 Å². The van der Waals surface area contributed by atoms with Crippen molar-refractivity contribution in [1.29, 1.82) is 5.26 Å². The highest BCUT2D eigenvalue weighted by atomic mass is 32.2. The lowest BCUT2D eigenvalue weighted by Gasteiger charge is -2.09. The van der Waals surface area contributed by atoms with Gasteiger partial charge in [0, 0.05) is 5.56 Å². The quantitative estimate of drug-likeness (QED) is 0.898. The summed E-state index contributed by atoms with van der Waals surface area (Å²) in [7, 11) is -3.89. The highest BCUT2D eigenvalue weighted by Crippen LogP contribution is 2.30. The Morgan fingerprint density at radius 3 is 2.67 bits per heavy atom. The molecule has 1 aromatic heterocycles. The number of rotatable bonds is 3. The number of anilines is 1. The summed E-state index contributed by atoms with van der Waals surface area (Å²) >= 11 is 1.50. The standard InChI is InChI=1S/C11H9N3O2S2/c12-6-10-9(8-4-5-17-7-8)2-1-3-11(10)14-18(13,15)16/h1-5,7,14H,(H2,13,15,16).